The van der Waals surface area contributed by atoms with E-state index < -0.39 is 0 Å². The summed E-state index contributed by atoms with van der Waals surface area (Å²) in [6.07, 6.45) is 7.09. The van der Waals surface area contributed by atoms with Crippen molar-refractivity contribution in [3.05, 3.63) is 100 Å². The lowest BCUT2D eigenvalue weighted by molar-refractivity contribution is 0.104. The fourth-order valence-corrected chi connectivity index (χ4v) is 3.23. The zero-order valence-electron chi connectivity index (χ0n) is 17.7. The van der Waals surface area contributed by atoms with Crippen molar-refractivity contribution in [1.82, 2.24) is 0 Å². The molecule has 0 atom stereocenters. The van der Waals surface area contributed by atoms with Crippen molar-refractivity contribution in [2.24, 2.45) is 0 Å². The van der Waals surface area contributed by atoms with E-state index in [4.69, 9.17) is 9.47 Å². The molecule has 0 unspecified atom stereocenters. The highest BCUT2D eigenvalue weighted by molar-refractivity contribution is 9.10. The first-order valence-electron chi connectivity index (χ1n) is 10.5. The van der Waals surface area contributed by atoms with Crippen LogP contribution in [0.4, 0.5) is 0 Å². The maximum Gasteiger partial charge on any atom is 0.185 e. The lowest BCUT2D eigenvalue weighted by Crippen LogP contribution is -2.01. The van der Waals surface area contributed by atoms with E-state index in [1.54, 1.807) is 36.4 Å². The molecule has 0 aliphatic rings. The van der Waals surface area contributed by atoms with E-state index >= 15 is 0 Å². The van der Waals surface area contributed by atoms with Crippen molar-refractivity contribution in [2.45, 2.75) is 19.3 Å². The molecule has 3 rings (SSSR count). The first-order valence-corrected chi connectivity index (χ1v) is 11.3. The highest BCUT2D eigenvalue weighted by atomic mass is 79.9. The molecule has 0 bridgehead atoms. The number of rotatable bonds is 12. The summed E-state index contributed by atoms with van der Waals surface area (Å²) < 4.78 is 12.4. The van der Waals surface area contributed by atoms with Gasteiger partial charge in [-0.1, -0.05) is 34.1 Å². The van der Waals surface area contributed by atoms with Gasteiger partial charge in [0.2, 0.25) is 0 Å². The highest BCUT2D eigenvalue weighted by Gasteiger charge is 2.01. The Morgan fingerprint density at radius 3 is 1.78 bits per heavy atom. The van der Waals surface area contributed by atoms with E-state index in [2.05, 4.69) is 15.9 Å². The molecule has 0 spiro atoms. The van der Waals surface area contributed by atoms with E-state index in [9.17, 15) is 9.59 Å². The summed E-state index contributed by atoms with van der Waals surface area (Å²) in [5.41, 5.74) is 2.25. The Bertz CT molecular complexity index is 1020. The van der Waals surface area contributed by atoms with Crippen LogP contribution >= 0.6 is 15.9 Å². The summed E-state index contributed by atoms with van der Waals surface area (Å²) in [5, 5.41) is 0. The minimum absolute atomic E-state index is 0.0280. The molecular weight excluding hydrogens is 468 g/mol. The number of halogens is 1. The molecule has 5 heteroatoms. The molecule has 3 aromatic rings. The van der Waals surface area contributed by atoms with E-state index in [-0.39, 0.29) is 5.78 Å². The van der Waals surface area contributed by atoms with Crippen molar-refractivity contribution in [3.63, 3.8) is 0 Å². The van der Waals surface area contributed by atoms with Crippen LogP contribution in [0.15, 0.2) is 83.3 Å². The second kappa shape index (κ2) is 12.6. The Labute approximate surface area is 197 Å². The van der Waals surface area contributed by atoms with Crippen LogP contribution in [0.1, 0.15) is 45.5 Å². The standard InChI is InChI=1S/C27H25BrO4/c28-24-11-9-23(10-12-24)27(30)17-8-21-4-13-25(14-5-21)31-18-2-1-3-19-32-26-15-6-22(20-29)7-16-26/h4-17,20H,1-3,18-19H2/b17-8+. The van der Waals surface area contributed by atoms with E-state index in [1.165, 1.54) is 0 Å². The predicted molar refractivity (Wildman–Crippen MR) is 131 cm³/mol. The lowest BCUT2D eigenvalue weighted by atomic mass is 10.1. The van der Waals surface area contributed by atoms with Gasteiger partial charge in [0.1, 0.15) is 17.8 Å². The second-order valence-electron chi connectivity index (χ2n) is 7.22. The zero-order chi connectivity index (χ0) is 22.6. The van der Waals surface area contributed by atoms with Gasteiger partial charge in [-0.25, -0.2) is 0 Å². The molecule has 0 heterocycles. The van der Waals surface area contributed by atoms with Crippen molar-refractivity contribution >= 4 is 34.1 Å². The summed E-state index contributed by atoms with van der Waals surface area (Å²) in [5.74, 6) is 1.56. The fraction of sp³-hybridized carbons (Fsp3) is 0.185. The molecule has 4 nitrogen and oxygen atoms in total. The Hall–Kier alpha value is -3.18. The molecule has 3 aromatic carbocycles. The smallest absolute Gasteiger partial charge is 0.185 e. The van der Waals surface area contributed by atoms with E-state index in [0.717, 1.165) is 47.1 Å². The van der Waals surface area contributed by atoms with Gasteiger partial charge >= 0.3 is 0 Å². The lowest BCUT2D eigenvalue weighted by Gasteiger charge is -2.08. The SMILES string of the molecule is O=Cc1ccc(OCCCCCOc2ccc(/C=C/C(=O)c3ccc(Br)cc3)cc2)cc1. The number of unbranched alkanes of at least 4 members (excludes halogenated alkanes) is 2. The van der Waals surface area contributed by atoms with Crippen molar-refractivity contribution in [1.29, 1.82) is 0 Å². The van der Waals surface area contributed by atoms with Gasteiger partial charge in [0.15, 0.2) is 5.78 Å². The molecule has 0 fully saturated rings. The van der Waals surface area contributed by atoms with Crippen molar-refractivity contribution < 1.29 is 19.1 Å². The molecule has 0 saturated carbocycles. The zero-order valence-corrected chi connectivity index (χ0v) is 19.3. The van der Waals surface area contributed by atoms with Crippen LogP contribution in [0.25, 0.3) is 6.08 Å². The number of ketones is 1. The van der Waals surface area contributed by atoms with Gasteiger partial charge in [-0.3, -0.25) is 9.59 Å². The van der Waals surface area contributed by atoms with Crippen LogP contribution in [0.2, 0.25) is 0 Å². The van der Waals surface area contributed by atoms with Crippen LogP contribution in [-0.2, 0) is 0 Å². The summed E-state index contributed by atoms with van der Waals surface area (Å²) in [7, 11) is 0. The van der Waals surface area contributed by atoms with Gasteiger partial charge in [0.05, 0.1) is 13.2 Å². The quantitative estimate of drug-likeness (QED) is 0.121. The van der Waals surface area contributed by atoms with Gasteiger partial charge in [0.25, 0.3) is 0 Å². The van der Waals surface area contributed by atoms with E-state index in [1.807, 2.05) is 48.5 Å². The Kier molecular flexibility index (Phi) is 9.26. The Morgan fingerprint density at radius 1 is 0.719 bits per heavy atom. The maximum absolute atomic E-state index is 12.2. The molecule has 32 heavy (non-hydrogen) atoms. The van der Waals surface area contributed by atoms with Gasteiger partial charge in [-0.2, -0.15) is 0 Å². The number of carbonyl (C=O) groups is 2. The van der Waals surface area contributed by atoms with Crippen molar-refractivity contribution in [3.8, 4) is 11.5 Å². The average molecular weight is 493 g/mol. The van der Waals surface area contributed by atoms with Crippen LogP contribution < -0.4 is 9.47 Å². The first kappa shape index (κ1) is 23.5. The summed E-state index contributed by atoms with van der Waals surface area (Å²) >= 11 is 3.37. The monoisotopic (exact) mass is 492 g/mol. The predicted octanol–water partition coefficient (Wildman–Crippen LogP) is 6.79. The number of allylic oxidation sites excluding steroid dienone is 1. The second-order valence-corrected chi connectivity index (χ2v) is 8.13. The molecule has 0 aliphatic carbocycles. The first-order chi connectivity index (χ1) is 15.6. The molecule has 0 radical (unpaired) electrons. The Balaban J connectivity index is 1.31. The number of hydrogen-bond donors (Lipinski definition) is 0. The molecule has 0 N–H and O–H groups in total. The minimum Gasteiger partial charge on any atom is -0.494 e. The van der Waals surface area contributed by atoms with Crippen LogP contribution in [0.3, 0.4) is 0 Å². The molecular formula is C27H25BrO4. The van der Waals surface area contributed by atoms with Crippen molar-refractivity contribution in [2.75, 3.05) is 13.2 Å². The van der Waals surface area contributed by atoms with Gasteiger partial charge in [-0.05, 0) is 91.6 Å². The summed E-state index contributed by atoms with van der Waals surface area (Å²) in [4.78, 5) is 22.8. The number of aldehydes is 1. The molecule has 0 amide bonds. The minimum atomic E-state index is -0.0280. The summed E-state index contributed by atoms with van der Waals surface area (Å²) in [6.45, 7) is 1.28. The molecule has 0 aliphatic heterocycles. The number of benzene rings is 3. The van der Waals surface area contributed by atoms with Crippen LogP contribution in [-0.4, -0.2) is 25.3 Å². The largest absolute Gasteiger partial charge is 0.494 e. The third-order valence-corrected chi connectivity index (χ3v) is 5.31. The third-order valence-electron chi connectivity index (χ3n) is 4.78. The van der Waals surface area contributed by atoms with Crippen LogP contribution in [0.5, 0.6) is 11.5 Å². The topological polar surface area (TPSA) is 52.6 Å². The maximum atomic E-state index is 12.2. The highest BCUT2D eigenvalue weighted by Crippen LogP contribution is 2.16. The third kappa shape index (κ3) is 7.82. The molecule has 0 aromatic heterocycles. The molecule has 0 saturated heterocycles. The fourth-order valence-electron chi connectivity index (χ4n) is 2.96. The number of hydrogen-bond acceptors (Lipinski definition) is 4. The van der Waals surface area contributed by atoms with E-state index in [0.29, 0.717) is 24.3 Å². The Morgan fingerprint density at radius 2 is 1.25 bits per heavy atom. The van der Waals surface area contributed by atoms with Gasteiger partial charge in [0, 0.05) is 15.6 Å². The normalized spacial score (nSPS) is 10.8. The number of carbonyl (C=O) groups excluding carboxylic acids is 2. The van der Waals surface area contributed by atoms with Gasteiger partial charge < -0.3 is 9.47 Å². The van der Waals surface area contributed by atoms with Gasteiger partial charge in [-0.15, -0.1) is 0 Å². The number of ether oxygens (including phenoxy) is 2. The average Bonchev–Trinajstić information content (AvgIpc) is 2.83. The summed E-state index contributed by atoms with van der Waals surface area (Å²) in [6, 6.07) is 22.1. The van der Waals surface area contributed by atoms with Crippen LogP contribution in [0, 0.1) is 0 Å². The molecule has 164 valence electrons.